The van der Waals surface area contributed by atoms with Crippen LogP contribution in [0.2, 0.25) is 0 Å². The van der Waals surface area contributed by atoms with Crippen LogP contribution in [0.15, 0.2) is 0 Å². The molecule has 0 saturated carbocycles. The third kappa shape index (κ3) is 13.5. The van der Waals surface area contributed by atoms with Gasteiger partial charge in [-0.3, -0.25) is 4.79 Å². The molecule has 0 aromatic heterocycles. The Bertz CT molecular complexity index is 286. The molecule has 0 unspecified atom stereocenters. The molecule has 0 bridgehead atoms. The molecule has 0 aliphatic rings. The van der Waals surface area contributed by atoms with E-state index in [1.54, 1.807) is 0 Å². The molecule has 0 rings (SSSR count). The van der Waals surface area contributed by atoms with Gasteiger partial charge in [0.1, 0.15) is 6.04 Å². The number of carboxylic acid groups (broad SMARTS) is 1. The second kappa shape index (κ2) is 14.9. The van der Waals surface area contributed by atoms with Crippen molar-refractivity contribution >= 4 is 5.97 Å². The topological polar surface area (TPSA) is 104 Å². The van der Waals surface area contributed by atoms with E-state index in [2.05, 4.69) is 6.92 Å². The fourth-order valence-electron chi connectivity index (χ4n) is 2.74. The average Bonchev–Trinajstić information content (AvgIpc) is 2.52. The summed E-state index contributed by atoms with van der Waals surface area (Å²) in [6, 6.07) is -1.17. The van der Waals surface area contributed by atoms with E-state index in [4.69, 9.17) is 10.8 Å². The maximum Gasteiger partial charge on any atom is 0.323 e. The molecule has 0 spiro atoms. The second-order valence-electron chi connectivity index (χ2n) is 6.63. The van der Waals surface area contributed by atoms with Crippen molar-refractivity contribution in [3.05, 3.63) is 0 Å². The number of aliphatic hydroxyl groups excluding tert-OH is 2. The number of hydrogen-bond donors (Lipinski definition) is 4. The van der Waals surface area contributed by atoms with Crippen molar-refractivity contribution in [1.29, 1.82) is 0 Å². The van der Waals surface area contributed by atoms with Crippen LogP contribution < -0.4 is 5.73 Å². The van der Waals surface area contributed by atoms with Crippen LogP contribution in [-0.2, 0) is 4.79 Å². The number of carboxylic acids is 1. The first kappa shape index (κ1) is 22.4. The van der Waals surface area contributed by atoms with Gasteiger partial charge in [-0.25, -0.2) is 0 Å². The van der Waals surface area contributed by atoms with Gasteiger partial charge in [0.15, 0.2) is 0 Å². The zero-order chi connectivity index (χ0) is 17.5. The number of aliphatic carboxylic acids is 1. The van der Waals surface area contributed by atoms with Crippen LogP contribution in [0.1, 0.15) is 90.4 Å². The van der Waals surface area contributed by atoms with Gasteiger partial charge in [0.05, 0.1) is 12.2 Å². The van der Waals surface area contributed by atoms with E-state index in [1.165, 1.54) is 19.3 Å². The maximum absolute atomic E-state index is 10.6. The van der Waals surface area contributed by atoms with Crippen LogP contribution in [0, 0.1) is 0 Å². The number of hydrogen-bond acceptors (Lipinski definition) is 4. The molecule has 0 aliphatic heterocycles. The third-order valence-electron chi connectivity index (χ3n) is 4.38. The second-order valence-corrected chi connectivity index (χ2v) is 6.63. The fraction of sp³-hybridized carbons (Fsp3) is 0.944. The molecule has 0 fully saturated rings. The summed E-state index contributed by atoms with van der Waals surface area (Å²) in [6.07, 6.45) is 12.3. The highest BCUT2D eigenvalue weighted by Crippen LogP contribution is 2.14. The van der Waals surface area contributed by atoms with Crippen molar-refractivity contribution in [3.8, 4) is 0 Å². The lowest BCUT2D eigenvalue weighted by atomic mass is 10.0. The lowest BCUT2D eigenvalue weighted by molar-refractivity contribution is -0.141. The van der Waals surface area contributed by atoms with E-state index in [1.807, 2.05) is 0 Å². The summed E-state index contributed by atoms with van der Waals surface area (Å²) in [5.41, 5.74) is 5.35. The molecule has 0 aromatic rings. The first-order valence-electron chi connectivity index (χ1n) is 9.33. The SMILES string of the molecule is CCCCCC[C@@H](O)CCCCCCCC[C@@H](O)[C@H](N)C(=O)O. The Balaban J connectivity index is 3.34. The molecule has 0 aliphatic carbocycles. The average molecular weight is 331 g/mol. The number of unbranched alkanes of at least 4 members (excludes halogenated alkanes) is 8. The van der Waals surface area contributed by atoms with Gasteiger partial charge in [0, 0.05) is 0 Å². The van der Waals surface area contributed by atoms with Crippen LogP contribution >= 0.6 is 0 Å². The van der Waals surface area contributed by atoms with Gasteiger partial charge in [0.25, 0.3) is 0 Å². The summed E-state index contributed by atoms with van der Waals surface area (Å²) in [6.45, 7) is 2.19. The Labute approximate surface area is 141 Å². The molecule has 138 valence electrons. The molecule has 5 N–H and O–H groups in total. The molecule has 0 aromatic carbocycles. The molecule has 5 heteroatoms. The quantitative estimate of drug-likeness (QED) is 0.325. The predicted molar refractivity (Wildman–Crippen MR) is 93.3 cm³/mol. The van der Waals surface area contributed by atoms with E-state index >= 15 is 0 Å². The van der Waals surface area contributed by atoms with E-state index < -0.39 is 18.1 Å². The highest BCUT2D eigenvalue weighted by atomic mass is 16.4. The third-order valence-corrected chi connectivity index (χ3v) is 4.38. The predicted octanol–water partition coefficient (Wildman–Crippen LogP) is 3.21. The number of rotatable bonds is 16. The van der Waals surface area contributed by atoms with Crippen molar-refractivity contribution in [3.63, 3.8) is 0 Å². The van der Waals surface area contributed by atoms with Crippen molar-refractivity contribution in [2.24, 2.45) is 5.73 Å². The summed E-state index contributed by atoms with van der Waals surface area (Å²) in [7, 11) is 0. The van der Waals surface area contributed by atoms with E-state index in [9.17, 15) is 15.0 Å². The van der Waals surface area contributed by atoms with Gasteiger partial charge in [-0.15, -0.1) is 0 Å². The van der Waals surface area contributed by atoms with Gasteiger partial charge in [-0.05, 0) is 19.3 Å². The molecule has 3 atom stereocenters. The van der Waals surface area contributed by atoms with Gasteiger partial charge in [-0.2, -0.15) is 0 Å². The van der Waals surface area contributed by atoms with Crippen LogP contribution in [0.5, 0.6) is 0 Å². The highest BCUT2D eigenvalue weighted by Gasteiger charge is 2.20. The first-order valence-corrected chi connectivity index (χ1v) is 9.33. The Morgan fingerprint density at radius 1 is 0.826 bits per heavy atom. The van der Waals surface area contributed by atoms with Gasteiger partial charge < -0.3 is 21.1 Å². The summed E-state index contributed by atoms with van der Waals surface area (Å²) < 4.78 is 0. The summed E-state index contributed by atoms with van der Waals surface area (Å²) in [5, 5.41) is 28.1. The highest BCUT2D eigenvalue weighted by molar-refractivity contribution is 5.73. The summed E-state index contributed by atoms with van der Waals surface area (Å²) >= 11 is 0. The standard InChI is InChI=1S/C18H37NO4/c1-2-3-4-9-12-15(20)13-10-7-5-6-8-11-14-16(21)17(19)18(22)23/h15-17,20-21H,2-14,19H2,1H3,(H,22,23)/t15-,16-,17+/m1/s1. The largest absolute Gasteiger partial charge is 0.480 e. The smallest absolute Gasteiger partial charge is 0.323 e. The van der Waals surface area contributed by atoms with Crippen molar-refractivity contribution in [2.75, 3.05) is 0 Å². The van der Waals surface area contributed by atoms with E-state index in [-0.39, 0.29) is 6.10 Å². The summed E-state index contributed by atoms with van der Waals surface area (Å²) in [4.78, 5) is 10.6. The number of aliphatic hydroxyl groups is 2. The molecular formula is C18H37NO4. The Kier molecular flexibility index (Phi) is 14.5. The van der Waals surface area contributed by atoms with Gasteiger partial charge in [-0.1, -0.05) is 71.1 Å². The molecule has 0 amide bonds. The molecule has 23 heavy (non-hydrogen) atoms. The van der Waals surface area contributed by atoms with Crippen molar-refractivity contribution < 1.29 is 20.1 Å². The minimum atomic E-state index is -1.17. The molecule has 0 heterocycles. The molecule has 0 radical (unpaired) electrons. The lowest BCUT2D eigenvalue weighted by Gasteiger charge is -2.14. The minimum Gasteiger partial charge on any atom is -0.480 e. The zero-order valence-corrected chi connectivity index (χ0v) is 14.8. The number of nitrogens with two attached hydrogens (primary N) is 1. The van der Waals surface area contributed by atoms with E-state index in [0.717, 1.165) is 57.8 Å². The Hall–Kier alpha value is -0.650. The van der Waals surface area contributed by atoms with E-state index in [0.29, 0.717) is 6.42 Å². The monoisotopic (exact) mass is 331 g/mol. The van der Waals surface area contributed by atoms with Crippen LogP contribution in [0.25, 0.3) is 0 Å². The van der Waals surface area contributed by atoms with Crippen LogP contribution in [0.3, 0.4) is 0 Å². The normalized spacial score (nSPS) is 15.3. The van der Waals surface area contributed by atoms with Crippen molar-refractivity contribution in [1.82, 2.24) is 0 Å². The summed E-state index contributed by atoms with van der Waals surface area (Å²) in [5.74, 6) is -1.15. The zero-order valence-electron chi connectivity index (χ0n) is 14.8. The molecular weight excluding hydrogens is 294 g/mol. The van der Waals surface area contributed by atoms with Crippen LogP contribution in [0.4, 0.5) is 0 Å². The maximum atomic E-state index is 10.6. The number of carbonyl (C=O) groups is 1. The lowest BCUT2D eigenvalue weighted by Crippen LogP contribution is -2.41. The van der Waals surface area contributed by atoms with Crippen LogP contribution in [-0.4, -0.2) is 39.5 Å². The first-order chi connectivity index (χ1) is 11.0. The van der Waals surface area contributed by atoms with Gasteiger partial charge in [0.2, 0.25) is 0 Å². The molecule has 5 nitrogen and oxygen atoms in total. The Morgan fingerprint density at radius 3 is 1.74 bits per heavy atom. The Morgan fingerprint density at radius 2 is 1.26 bits per heavy atom. The minimum absolute atomic E-state index is 0.139. The molecule has 0 saturated heterocycles. The fourth-order valence-corrected chi connectivity index (χ4v) is 2.74. The van der Waals surface area contributed by atoms with Crippen molar-refractivity contribution in [2.45, 2.75) is 109 Å². The van der Waals surface area contributed by atoms with Gasteiger partial charge >= 0.3 is 5.97 Å².